The lowest BCUT2D eigenvalue weighted by Crippen LogP contribution is -2.39. The van der Waals surface area contributed by atoms with Gasteiger partial charge in [-0.15, -0.1) is 0 Å². The van der Waals surface area contributed by atoms with Crippen molar-refractivity contribution in [3.05, 3.63) is 47.0 Å². The van der Waals surface area contributed by atoms with E-state index < -0.39 is 5.60 Å². The van der Waals surface area contributed by atoms with Crippen LogP contribution in [0.5, 0.6) is 0 Å². The second-order valence-corrected chi connectivity index (χ2v) is 8.12. The van der Waals surface area contributed by atoms with Gasteiger partial charge in [-0.05, 0) is 52.5 Å². The van der Waals surface area contributed by atoms with E-state index in [1.165, 1.54) is 16.7 Å². The number of nitrogens with one attached hydrogen (secondary N) is 1. The maximum absolute atomic E-state index is 12.0. The molecule has 1 aromatic carbocycles. The lowest BCUT2D eigenvalue weighted by Gasteiger charge is -2.29. The highest BCUT2D eigenvalue weighted by Gasteiger charge is 2.23. The number of hydrogen-bond acceptors (Lipinski definition) is 3. The zero-order chi connectivity index (χ0) is 19.9. The highest BCUT2D eigenvalue weighted by atomic mass is 16.6. The molecule has 1 aliphatic rings. The van der Waals surface area contributed by atoms with Crippen molar-refractivity contribution in [3.63, 3.8) is 0 Å². The largest absolute Gasteiger partial charge is 0.444 e. The lowest BCUT2D eigenvalue weighted by atomic mass is 10.0. The normalized spacial score (nSPS) is 14.5. The fourth-order valence-electron chi connectivity index (χ4n) is 2.89. The molecule has 0 aromatic heterocycles. The summed E-state index contributed by atoms with van der Waals surface area (Å²) >= 11 is 0. The average Bonchev–Trinajstić information content (AvgIpc) is 2.60. The average molecular weight is 373 g/mol. The van der Waals surface area contributed by atoms with E-state index in [0.29, 0.717) is 26.1 Å². The van der Waals surface area contributed by atoms with Crippen LogP contribution in [0.2, 0.25) is 0 Å². The van der Waals surface area contributed by atoms with Crippen molar-refractivity contribution in [2.45, 2.75) is 59.0 Å². The first-order valence-corrected chi connectivity index (χ1v) is 9.71. The van der Waals surface area contributed by atoms with E-state index in [-0.39, 0.29) is 12.0 Å². The number of carbonyl (C=O) groups is 2. The number of hydrogen-bond donors (Lipinski definition) is 1. The van der Waals surface area contributed by atoms with E-state index in [1.54, 1.807) is 4.90 Å². The molecule has 0 atom stereocenters. The van der Waals surface area contributed by atoms with E-state index in [2.05, 4.69) is 42.6 Å². The first kappa shape index (κ1) is 21.0. The van der Waals surface area contributed by atoms with Crippen LogP contribution in [-0.4, -0.2) is 42.1 Å². The number of ether oxygens (including phenoxy) is 1. The molecule has 0 saturated heterocycles. The van der Waals surface area contributed by atoms with E-state index in [9.17, 15) is 9.59 Å². The highest BCUT2D eigenvalue weighted by Crippen LogP contribution is 2.17. The lowest BCUT2D eigenvalue weighted by molar-refractivity contribution is -0.121. The minimum atomic E-state index is -0.468. The Morgan fingerprint density at radius 1 is 1.15 bits per heavy atom. The van der Waals surface area contributed by atoms with Crippen LogP contribution in [-0.2, 0) is 16.0 Å². The van der Waals surface area contributed by atoms with Gasteiger partial charge in [-0.1, -0.05) is 41.5 Å². The van der Waals surface area contributed by atoms with Gasteiger partial charge in [-0.25, -0.2) is 4.79 Å². The first-order chi connectivity index (χ1) is 12.7. The molecule has 148 valence electrons. The molecular weight excluding hydrogens is 340 g/mol. The van der Waals surface area contributed by atoms with Gasteiger partial charge in [-0.3, -0.25) is 4.79 Å². The van der Waals surface area contributed by atoms with E-state index in [0.717, 1.165) is 19.3 Å². The third-order valence-electron chi connectivity index (χ3n) is 4.48. The maximum Gasteiger partial charge on any atom is 0.410 e. The van der Waals surface area contributed by atoms with Gasteiger partial charge in [0.2, 0.25) is 5.91 Å². The summed E-state index contributed by atoms with van der Waals surface area (Å²) in [6, 6.07) is 8.30. The Kier molecular flexibility index (Phi) is 7.45. The molecule has 1 heterocycles. The van der Waals surface area contributed by atoms with Gasteiger partial charge in [0, 0.05) is 26.1 Å². The number of amides is 2. The molecule has 1 aliphatic heterocycles. The van der Waals surface area contributed by atoms with Gasteiger partial charge in [0.25, 0.3) is 0 Å². The van der Waals surface area contributed by atoms with Crippen LogP contribution >= 0.6 is 0 Å². The van der Waals surface area contributed by atoms with Gasteiger partial charge in [-0.2, -0.15) is 0 Å². The SMILES string of the molecule is Cc1ccc(CCC(=O)NCCC2=CCN(C(=O)OC(C)(C)C)CC2)cc1. The molecule has 0 saturated carbocycles. The Morgan fingerprint density at radius 3 is 2.44 bits per heavy atom. The third-order valence-corrected chi connectivity index (χ3v) is 4.48. The molecule has 0 fully saturated rings. The number of rotatable bonds is 6. The Bertz CT molecular complexity index is 672. The van der Waals surface area contributed by atoms with Crippen LogP contribution in [0, 0.1) is 6.92 Å². The van der Waals surface area contributed by atoms with Crippen LogP contribution in [0.3, 0.4) is 0 Å². The Balaban J connectivity index is 1.65. The van der Waals surface area contributed by atoms with Crippen LogP contribution < -0.4 is 5.32 Å². The quantitative estimate of drug-likeness (QED) is 0.768. The predicted molar refractivity (Wildman–Crippen MR) is 108 cm³/mol. The van der Waals surface area contributed by atoms with E-state index >= 15 is 0 Å². The molecule has 2 rings (SSSR count). The predicted octanol–water partition coefficient (Wildman–Crippen LogP) is 4.00. The molecule has 1 aromatic rings. The molecule has 5 heteroatoms. The summed E-state index contributed by atoms with van der Waals surface area (Å²) in [5, 5.41) is 2.99. The Hall–Kier alpha value is -2.30. The summed E-state index contributed by atoms with van der Waals surface area (Å²) in [5.74, 6) is 0.0855. The van der Waals surface area contributed by atoms with Gasteiger partial charge in [0.05, 0.1) is 0 Å². The molecule has 0 bridgehead atoms. The van der Waals surface area contributed by atoms with Crippen molar-refractivity contribution in [3.8, 4) is 0 Å². The van der Waals surface area contributed by atoms with Crippen molar-refractivity contribution in [2.24, 2.45) is 0 Å². The first-order valence-electron chi connectivity index (χ1n) is 9.71. The third kappa shape index (κ3) is 7.85. The molecule has 0 spiro atoms. The Labute approximate surface area is 162 Å². The molecule has 0 radical (unpaired) electrons. The van der Waals surface area contributed by atoms with Crippen LogP contribution in [0.1, 0.15) is 51.2 Å². The van der Waals surface area contributed by atoms with E-state index in [1.807, 2.05) is 20.8 Å². The van der Waals surface area contributed by atoms with Crippen molar-refractivity contribution in [2.75, 3.05) is 19.6 Å². The number of benzene rings is 1. The molecule has 0 unspecified atom stereocenters. The van der Waals surface area contributed by atoms with Crippen LogP contribution in [0.15, 0.2) is 35.9 Å². The van der Waals surface area contributed by atoms with E-state index in [4.69, 9.17) is 4.74 Å². The van der Waals surface area contributed by atoms with Crippen molar-refractivity contribution in [1.82, 2.24) is 10.2 Å². The molecule has 0 aliphatic carbocycles. The fraction of sp³-hybridized carbons (Fsp3) is 0.545. The second-order valence-electron chi connectivity index (χ2n) is 8.12. The smallest absolute Gasteiger partial charge is 0.410 e. The molecule has 1 N–H and O–H groups in total. The topological polar surface area (TPSA) is 58.6 Å². The van der Waals surface area contributed by atoms with Gasteiger partial charge >= 0.3 is 6.09 Å². The standard InChI is InChI=1S/C22H32N2O3/c1-17-5-7-18(8-6-17)9-10-20(25)23-14-11-19-12-15-24(16-13-19)21(26)27-22(2,3)4/h5-8,12H,9-11,13-16H2,1-4H3,(H,23,25). The molecule has 5 nitrogen and oxygen atoms in total. The van der Waals surface area contributed by atoms with Gasteiger partial charge < -0.3 is 15.0 Å². The van der Waals surface area contributed by atoms with Crippen molar-refractivity contribution < 1.29 is 14.3 Å². The van der Waals surface area contributed by atoms with Crippen LogP contribution in [0.4, 0.5) is 4.79 Å². The summed E-state index contributed by atoms with van der Waals surface area (Å²) < 4.78 is 5.40. The van der Waals surface area contributed by atoms with Crippen molar-refractivity contribution in [1.29, 1.82) is 0 Å². The van der Waals surface area contributed by atoms with Crippen molar-refractivity contribution >= 4 is 12.0 Å². The maximum atomic E-state index is 12.0. The summed E-state index contributed by atoms with van der Waals surface area (Å²) in [6.45, 7) is 9.56. The van der Waals surface area contributed by atoms with Crippen LogP contribution in [0.25, 0.3) is 0 Å². The minimum absolute atomic E-state index is 0.0855. The summed E-state index contributed by atoms with van der Waals surface area (Å²) in [5.41, 5.74) is 3.24. The Morgan fingerprint density at radius 2 is 1.85 bits per heavy atom. The number of aryl methyl sites for hydroxylation is 2. The second kappa shape index (κ2) is 9.58. The molecule has 27 heavy (non-hydrogen) atoms. The number of nitrogens with zero attached hydrogens (tertiary/aromatic N) is 1. The summed E-state index contributed by atoms with van der Waals surface area (Å²) in [6.07, 6.45) is 4.75. The molecular formula is C22H32N2O3. The highest BCUT2D eigenvalue weighted by molar-refractivity contribution is 5.76. The summed E-state index contributed by atoms with van der Waals surface area (Å²) in [7, 11) is 0. The number of carbonyl (C=O) groups excluding carboxylic acids is 2. The zero-order valence-electron chi connectivity index (χ0n) is 17.0. The minimum Gasteiger partial charge on any atom is -0.444 e. The fourth-order valence-corrected chi connectivity index (χ4v) is 2.89. The zero-order valence-corrected chi connectivity index (χ0v) is 17.0. The molecule has 2 amide bonds. The monoisotopic (exact) mass is 372 g/mol. The summed E-state index contributed by atoms with van der Waals surface area (Å²) in [4.78, 5) is 25.8. The van der Waals surface area contributed by atoms with Gasteiger partial charge in [0.15, 0.2) is 0 Å². The van der Waals surface area contributed by atoms with Gasteiger partial charge in [0.1, 0.15) is 5.60 Å².